The third-order valence-electron chi connectivity index (χ3n) is 3.94. The number of hydrogen-bond acceptors (Lipinski definition) is 5. The van der Waals surface area contributed by atoms with Gasteiger partial charge in [0.1, 0.15) is 6.33 Å². The third-order valence-corrected chi connectivity index (χ3v) is 3.94. The molecule has 7 heteroatoms. The van der Waals surface area contributed by atoms with Crippen molar-refractivity contribution in [1.82, 2.24) is 19.5 Å². The molecular formula is C17H14FN5O. The number of halogens is 1. The monoisotopic (exact) mass is 323 g/mol. The smallest absolute Gasteiger partial charge is 0.312 e. The molecule has 120 valence electrons. The highest BCUT2D eigenvalue weighted by molar-refractivity contribution is 5.99. The van der Waals surface area contributed by atoms with E-state index in [-0.39, 0.29) is 5.78 Å². The minimum absolute atomic E-state index is 0.0591. The number of benzene rings is 1. The standard InChI is InChI=1S/C17H14FN5O/c18-17-21-15(19-9-11-4-2-1-3-5-11)14-16(22-17)23(10-20-14)12-6-7-13(24)8-12/h1-5,8,10H,6-7,9H2,(H,19,21,22). The van der Waals surface area contributed by atoms with Gasteiger partial charge in [-0.3, -0.25) is 9.36 Å². The zero-order valence-electron chi connectivity index (χ0n) is 12.7. The van der Waals surface area contributed by atoms with Gasteiger partial charge in [0.25, 0.3) is 0 Å². The molecule has 6 nitrogen and oxygen atoms in total. The van der Waals surface area contributed by atoms with Crippen LogP contribution in [0.5, 0.6) is 0 Å². The van der Waals surface area contributed by atoms with E-state index < -0.39 is 6.08 Å². The molecule has 1 aliphatic rings. The number of allylic oxidation sites excluding steroid dienone is 2. The maximum Gasteiger partial charge on any atom is 0.312 e. The van der Waals surface area contributed by atoms with Crippen molar-refractivity contribution < 1.29 is 9.18 Å². The van der Waals surface area contributed by atoms with E-state index in [2.05, 4.69) is 20.3 Å². The highest BCUT2D eigenvalue weighted by Crippen LogP contribution is 2.26. The molecule has 0 saturated carbocycles. The summed E-state index contributed by atoms with van der Waals surface area (Å²) in [4.78, 5) is 23.4. The van der Waals surface area contributed by atoms with Gasteiger partial charge in [-0.25, -0.2) is 4.98 Å². The molecule has 4 rings (SSSR count). The summed E-state index contributed by atoms with van der Waals surface area (Å²) in [6, 6.07) is 9.74. The van der Waals surface area contributed by atoms with Crippen LogP contribution in [0.1, 0.15) is 18.4 Å². The topological polar surface area (TPSA) is 72.7 Å². The Morgan fingerprint density at radius 1 is 1.17 bits per heavy atom. The lowest BCUT2D eigenvalue weighted by Gasteiger charge is -2.07. The molecule has 0 spiro atoms. The summed E-state index contributed by atoms with van der Waals surface area (Å²) < 4.78 is 15.5. The van der Waals surface area contributed by atoms with Crippen molar-refractivity contribution in [2.75, 3.05) is 5.32 Å². The number of carbonyl (C=O) groups excluding carboxylic acids is 1. The zero-order valence-corrected chi connectivity index (χ0v) is 12.7. The molecule has 0 bridgehead atoms. The van der Waals surface area contributed by atoms with Crippen LogP contribution in [0.2, 0.25) is 0 Å². The first kappa shape index (κ1) is 14.5. The first-order valence-corrected chi connectivity index (χ1v) is 7.63. The van der Waals surface area contributed by atoms with Crippen LogP contribution in [0.25, 0.3) is 16.9 Å². The van der Waals surface area contributed by atoms with E-state index in [0.717, 1.165) is 11.3 Å². The molecule has 0 saturated heterocycles. The highest BCUT2D eigenvalue weighted by Gasteiger charge is 2.19. The Morgan fingerprint density at radius 2 is 2.00 bits per heavy atom. The molecule has 0 aliphatic heterocycles. The van der Waals surface area contributed by atoms with Gasteiger partial charge >= 0.3 is 6.08 Å². The van der Waals surface area contributed by atoms with Crippen LogP contribution in [0, 0.1) is 6.08 Å². The SMILES string of the molecule is O=C1C=C(n2cnc3c(NCc4ccccc4)nc(F)nc32)CC1. The Labute approximate surface area is 137 Å². The minimum atomic E-state index is -0.829. The maximum atomic E-state index is 13.9. The van der Waals surface area contributed by atoms with Crippen LogP contribution >= 0.6 is 0 Å². The highest BCUT2D eigenvalue weighted by atomic mass is 19.1. The van der Waals surface area contributed by atoms with E-state index in [1.807, 2.05) is 30.3 Å². The van der Waals surface area contributed by atoms with Gasteiger partial charge in [0, 0.05) is 24.7 Å². The number of anilines is 1. The molecule has 1 N–H and O–H groups in total. The molecule has 24 heavy (non-hydrogen) atoms. The summed E-state index contributed by atoms with van der Waals surface area (Å²) in [5.74, 6) is 0.397. The van der Waals surface area contributed by atoms with Gasteiger partial charge in [0.15, 0.2) is 22.8 Å². The summed E-state index contributed by atoms with van der Waals surface area (Å²) in [5.41, 5.74) is 2.66. The van der Waals surface area contributed by atoms with Gasteiger partial charge in [0.05, 0.1) is 0 Å². The second-order valence-corrected chi connectivity index (χ2v) is 5.57. The number of hydrogen-bond donors (Lipinski definition) is 1. The molecule has 1 aliphatic carbocycles. The average Bonchev–Trinajstić information content (AvgIpc) is 3.19. The lowest BCUT2D eigenvalue weighted by Crippen LogP contribution is -2.05. The lowest BCUT2D eigenvalue weighted by molar-refractivity contribution is -0.114. The van der Waals surface area contributed by atoms with Crippen molar-refractivity contribution in [3.8, 4) is 0 Å². The van der Waals surface area contributed by atoms with Crippen molar-refractivity contribution in [3.05, 3.63) is 54.4 Å². The van der Waals surface area contributed by atoms with Crippen LogP contribution in [0.3, 0.4) is 0 Å². The first-order valence-electron chi connectivity index (χ1n) is 7.63. The third kappa shape index (κ3) is 2.64. The number of aromatic nitrogens is 4. The number of ketones is 1. The summed E-state index contributed by atoms with van der Waals surface area (Å²) >= 11 is 0. The van der Waals surface area contributed by atoms with E-state index in [1.165, 1.54) is 0 Å². The number of fused-ring (bicyclic) bond motifs is 1. The summed E-state index contributed by atoms with van der Waals surface area (Å²) in [6.45, 7) is 0.500. The quantitative estimate of drug-likeness (QED) is 0.748. The Kier molecular flexibility index (Phi) is 3.53. The van der Waals surface area contributed by atoms with Crippen LogP contribution in [0.4, 0.5) is 10.2 Å². The van der Waals surface area contributed by atoms with Crippen molar-refractivity contribution in [1.29, 1.82) is 0 Å². The van der Waals surface area contributed by atoms with Crippen LogP contribution in [-0.4, -0.2) is 25.3 Å². The first-order chi connectivity index (χ1) is 11.7. The van der Waals surface area contributed by atoms with Crippen LogP contribution < -0.4 is 5.32 Å². The second kappa shape index (κ2) is 5.84. The van der Waals surface area contributed by atoms with Gasteiger partial charge in [-0.2, -0.15) is 14.4 Å². The van der Waals surface area contributed by atoms with Crippen LogP contribution in [-0.2, 0) is 11.3 Å². The van der Waals surface area contributed by atoms with Gasteiger partial charge in [-0.05, 0) is 12.0 Å². The molecular weight excluding hydrogens is 309 g/mol. The normalized spacial score (nSPS) is 14.2. The molecule has 3 aromatic rings. The summed E-state index contributed by atoms with van der Waals surface area (Å²) in [6.07, 6.45) is 3.34. The predicted octanol–water partition coefficient (Wildman–Crippen LogP) is 2.78. The van der Waals surface area contributed by atoms with Gasteiger partial charge in [0.2, 0.25) is 0 Å². The fourth-order valence-electron chi connectivity index (χ4n) is 2.76. The lowest BCUT2D eigenvalue weighted by atomic mass is 10.2. The second-order valence-electron chi connectivity index (χ2n) is 5.57. The van der Waals surface area contributed by atoms with Crippen molar-refractivity contribution in [3.63, 3.8) is 0 Å². The Hall–Kier alpha value is -3.09. The van der Waals surface area contributed by atoms with E-state index in [1.54, 1.807) is 17.0 Å². The van der Waals surface area contributed by atoms with Crippen molar-refractivity contribution in [2.45, 2.75) is 19.4 Å². The number of imidazole rings is 1. The Bertz CT molecular complexity index is 948. The number of carbonyl (C=O) groups is 1. The number of nitrogens with one attached hydrogen (secondary N) is 1. The molecule has 2 aromatic heterocycles. The molecule has 0 unspecified atom stereocenters. The minimum Gasteiger partial charge on any atom is -0.364 e. The van der Waals surface area contributed by atoms with Gasteiger partial charge in [-0.1, -0.05) is 30.3 Å². The number of rotatable bonds is 4. The maximum absolute atomic E-state index is 13.9. The fraction of sp³-hybridized carbons (Fsp3) is 0.176. The van der Waals surface area contributed by atoms with Crippen molar-refractivity contribution in [2.24, 2.45) is 0 Å². The molecule has 2 heterocycles. The zero-order chi connectivity index (χ0) is 16.5. The summed E-state index contributed by atoms with van der Waals surface area (Å²) in [5, 5.41) is 3.10. The van der Waals surface area contributed by atoms with E-state index in [0.29, 0.717) is 36.4 Å². The number of nitrogens with zero attached hydrogens (tertiary/aromatic N) is 4. The fourth-order valence-corrected chi connectivity index (χ4v) is 2.76. The molecule has 1 aromatic carbocycles. The van der Waals surface area contributed by atoms with E-state index in [9.17, 15) is 9.18 Å². The molecule has 0 fully saturated rings. The molecule has 0 amide bonds. The van der Waals surface area contributed by atoms with E-state index in [4.69, 9.17) is 0 Å². The van der Waals surface area contributed by atoms with Gasteiger partial charge in [-0.15, -0.1) is 0 Å². The molecule has 0 radical (unpaired) electrons. The summed E-state index contributed by atoms with van der Waals surface area (Å²) in [7, 11) is 0. The largest absolute Gasteiger partial charge is 0.364 e. The van der Waals surface area contributed by atoms with E-state index >= 15 is 0 Å². The predicted molar refractivity (Wildman–Crippen MR) is 87.6 cm³/mol. The Balaban J connectivity index is 1.70. The van der Waals surface area contributed by atoms with Gasteiger partial charge < -0.3 is 5.32 Å². The Morgan fingerprint density at radius 3 is 2.75 bits per heavy atom. The molecule has 0 atom stereocenters. The van der Waals surface area contributed by atoms with Crippen molar-refractivity contribution >= 4 is 28.5 Å². The van der Waals surface area contributed by atoms with Crippen LogP contribution in [0.15, 0.2) is 42.7 Å². The average molecular weight is 323 g/mol.